The number of benzene rings is 2. The number of amides is 1. The predicted octanol–water partition coefficient (Wildman–Crippen LogP) is 3.97. The second-order valence-corrected chi connectivity index (χ2v) is 5.06. The number of hydrogen-bond donors (Lipinski definition) is 1. The maximum atomic E-state index is 13.7. The Morgan fingerprint density at radius 3 is 2.48 bits per heavy atom. The molecule has 6 heteroatoms. The molecule has 0 aliphatic carbocycles. The number of halogens is 3. The van der Waals surface area contributed by atoms with Gasteiger partial charge in [0.2, 0.25) is 5.91 Å². The van der Waals surface area contributed by atoms with Gasteiger partial charge in [-0.3, -0.25) is 4.79 Å². The van der Waals surface area contributed by atoms with E-state index < -0.39 is 23.5 Å². The number of carbonyl (C=O) groups is 1. The fourth-order valence-electron chi connectivity index (χ4n) is 1.79. The van der Waals surface area contributed by atoms with Crippen molar-refractivity contribution >= 4 is 27.5 Å². The van der Waals surface area contributed by atoms with Crippen molar-refractivity contribution in [2.45, 2.75) is 5.92 Å². The Bertz CT molecular complexity index is 690. The van der Waals surface area contributed by atoms with Gasteiger partial charge < -0.3 is 5.32 Å². The summed E-state index contributed by atoms with van der Waals surface area (Å²) in [4.78, 5) is 12.1. The first-order chi connectivity index (χ1) is 10.0. The molecule has 3 nitrogen and oxygen atoms in total. The molecule has 1 N–H and O–H groups in total. The van der Waals surface area contributed by atoms with Crippen LogP contribution in [0.15, 0.2) is 46.9 Å². The molecule has 0 aliphatic rings. The van der Waals surface area contributed by atoms with Crippen molar-refractivity contribution in [2.75, 3.05) is 5.32 Å². The van der Waals surface area contributed by atoms with Crippen molar-refractivity contribution in [3.63, 3.8) is 0 Å². The smallest absolute Gasteiger partial charge is 0.246 e. The molecule has 0 radical (unpaired) electrons. The van der Waals surface area contributed by atoms with Crippen molar-refractivity contribution in [2.24, 2.45) is 0 Å². The van der Waals surface area contributed by atoms with E-state index in [4.69, 9.17) is 5.26 Å². The Morgan fingerprint density at radius 1 is 1.24 bits per heavy atom. The van der Waals surface area contributed by atoms with Crippen LogP contribution in [0.3, 0.4) is 0 Å². The molecule has 0 saturated carbocycles. The normalized spacial score (nSPS) is 11.5. The van der Waals surface area contributed by atoms with Gasteiger partial charge in [-0.25, -0.2) is 8.78 Å². The van der Waals surface area contributed by atoms with Gasteiger partial charge >= 0.3 is 0 Å². The van der Waals surface area contributed by atoms with Gasteiger partial charge in [0.05, 0.1) is 11.8 Å². The van der Waals surface area contributed by atoms with Gasteiger partial charge in [-0.2, -0.15) is 5.26 Å². The van der Waals surface area contributed by atoms with Gasteiger partial charge in [-0.05, 0) is 27.6 Å². The van der Waals surface area contributed by atoms with Crippen LogP contribution in [0.1, 0.15) is 11.5 Å². The minimum Gasteiger partial charge on any atom is -0.321 e. The molecule has 106 valence electrons. The van der Waals surface area contributed by atoms with Crippen LogP contribution >= 0.6 is 15.9 Å². The number of nitrogens with one attached hydrogen (secondary N) is 1. The van der Waals surface area contributed by atoms with Crippen LogP contribution in [0, 0.1) is 23.0 Å². The molecule has 1 unspecified atom stereocenters. The Kier molecular flexibility index (Phi) is 4.66. The largest absolute Gasteiger partial charge is 0.321 e. The first-order valence-electron chi connectivity index (χ1n) is 5.93. The number of nitrogens with zero attached hydrogens (tertiary/aromatic N) is 1. The summed E-state index contributed by atoms with van der Waals surface area (Å²) < 4.78 is 26.7. The third-order valence-corrected chi connectivity index (χ3v) is 3.40. The predicted molar refractivity (Wildman–Crippen MR) is 77.5 cm³/mol. The average molecular weight is 351 g/mol. The first kappa shape index (κ1) is 15.1. The lowest BCUT2D eigenvalue weighted by molar-refractivity contribution is -0.116. The summed E-state index contributed by atoms with van der Waals surface area (Å²) in [7, 11) is 0. The van der Waals surface area contributed by atoms with Crippen LogP contribution in [-0.2, 0) is 4.79 Å². The molecule has 0 aromatic heterocycles. The molecule has 2 rings (SSSR count). The van der Waals surface area contributed by atoms with Crippen LogP contribution in [0.25, 0.3) is 0 Å². The molecule has 1 atom stereocenters. The summed E-state index contributed by atoms with van der Waals surface area (Å²) in [6.45, 7) is 0. The van der Waals surface area contributed by atoms with E-state index >= 15 is 0 Å². The number of rotatable bonds is 3. The number of hydrogen-bond acceptors (Lipinski definition) is 2. The van der Waals surface area contributed by atoms with Gasteiger partial charge in [0.25, 0.3) is 0 Å². The minimum atomic E-state index is -1.08. The number of nitriles is 1. The van der Waals surface area contributed by atoms with Crippen LogP contribution in [0.5, 0.6) is 0 Å². The molecule has 0 spiro atoms. The number of carbonyl (C=O) groups excluding carboxylic acids is 1. The molecular weight excluding hydrogens is 342 g/mol. The van der Waals surface area contributed by atoms with E-state index in [2.05, 4.69) is 21.2 Å². The van der Waals surface area contributed by atoms with Gasteiger partial charge in [-0.15, -0.1) is 0 Å². The molecular formula is C15H9BrF2N2O. The highest BCUT2D eigenvalue weighted by Crippen LogP contribution is 2.28. The summed E-state index contributed by atoms with van der Waals surface area (Å²) in [6, 6.07) is 12.0. The van der Waals surface area contributed by atoms with Crippen molar-refractivity contribution in [1.29, 1.82) is 5.26 Å². The SMILES string of the molecule is N#CC(C(=O)Nc1c(F)cc(F)cc1Br)c1ccccc1. The molecule has 0 bridgehead atoms. The molecule has 21 heavy (non-hydrogen) atoms. The Hall–Kier alpha value is -2.26. The minimum absolute atomic E-state index is 0.0677. The zero-order valence-electron chi connectivity index (χ0n) is 10.6. The molecule has 1 amide bonds. The standard InChI is InChI=1S/C15H9BrF2N2O/c16-12-6-10(17)7-13(18)14(12)20-15(21)11(8-19)9-4-2-1-3-5-9/h1-7,11H,(H,20,21). The van der Waals surface area contributed by atoms with E-state index in [-0.39, 0.29) is 10.2 Å². The molecule has 0 heterocycles. The zero-order valence-corrected chi connectivity index (χ0v) is 12.2. The lowest BCUT2D eigenvalue weighted by Crippen LogP contribution is -2.21. The fourth-order valence-corrected chi connectivity index (χ4v) is 2.29. The highest BCUT2D eigenvalue weighted by Gasteiger charge is 2.22. The zero-order chi connectivity index (χ0) is 15.4. The topological polar surface area (TPSA) is 52.9 Å². The van der Waals surface area contributed by atoms with Gasteiger partial charge in [0.15, 0.2) is 11.7 Å². The van der Waals surface area contributed by atoms with Crippen molar-refractivity contribution < 1.29 is 13.6 Å². The first-order valence-corrected chi connectivity index (χ1v) is 6.72. The monoisotopic (exact) mass is 350 g/mol. The summed E-state index contributed by atoms with van der Waals surface area (Å²) in [5, 5.41) is 11.4. The van der Waals surface area contributed by atoms with Crippen LogP contribution in [-0.4, -0.2) is 5.91 Å². The van der Waals surface area contributed by atoms with E-state index in [1.54, 1.807) is 30.3 Å². The second kappa shape index (κ2) is 6.46. The molecule has 2 aromatic rings. The van der Waals surface area contributed by atoms with Crippen LogP contribution < -0.4 is 5.32 Å². The third kappa shape index (κ3) is 3.44. The maximum Gasteiger partial charge on any atom is 0.246 e. The van der Waals surface area contributed by atoms with Gasteiger partial charge in [0, 0.05) is 10.5 Å². The molecule has 0 saturated heterocycles. The Morgan fingerprint density at radius 2 is 1.90 bits per heavy atom. The van der Waals surface area contributed by atoms with Gasteiger partial charge in [-0.1, -0.05) is 30.3 Å². The van der Waals surface area contributed by atoms with Crippen LogP contribution in [0.4, 0.5) is 14.5 Å². The lowest BCUT2D eigenvalue weighted by Gasteiger charge is -2.12. The van der Waals surface area contributed by atoms with Gasteiger partial charge in [0.1, 0.15) is 5.82 Å². The van der Waals surface area contributed by atoms with E-state index in [1.807, 2.05) is 6.07 Å². The van der Waals surface area contributed by atoms with Crippen molar-refractivity contribution in [3.05, 3.63) is 64.1 Å². The molecule has 2 aromatic carbocycles. The summed E-state index contributed by atoms with van der Waals surface area (Å²) in [5.74, 6) is -3.45. The summed E-state index contributed by atoms with van der Waals surface area (Å²) >= 11 is 2.98. The van der Waals surface area contributed by atoms with E-state index in [1.165, 1.54) is 0 Å². The van der Waals surface area contributed by atoms with E-state index in [0.717, 1.165) is 6.07 Å². The highest BCUT2D eigenvalue weighted by molar-refractivity contribution is 9.10. The van der Waals surface area contributed by atoms with E-state index in [0.29, 0.717) is 11.6 Å². The second-order valence-electron chi connectivity index (χ2n) is 4.21. The van der Waals surface area contributed by atoms with E-state index in [9.17, 15) is 13.6 Å². The quantitative estimate of drug-likeness (QED) is 0.910. The van der Waals surface area contributed by atoms with Crippen molar-refractivity contribution in [1.82, 2.24) is 0 Å². The van der Waals surface area contributed by atoms with Crippen LogP contribution in [0.2, 0.25) is 0 Å². The highest BCUT2D eigenvalue weighted by atomic mass is 79.9. The number of anilines is 1. The Labute approximate surface area is 128 Å². The average Bonchev–Trinajstić information content (AvgIpc) is 2.45. The summed E-state index contributed by atoms with van der Waals surface area (Å²) in [5.41, 5.74) is 0.300. The van der Waals surface area contributed by atoms with Crippen molar-refractivity contribution in [3.8, 4) is 6.07 Å². The molecule has 0 fully saturated rings. The fraction of sp³-hybridized carbons (Fsp3) is 0.0667. The summed E-state index contributed by atoms with van der Waals surface area (Å²) in [6.07, 6.45) is 0. The Balaban J connectivity index is 2.28. The third-order valence-electron chi connectivity index (χ3n) is 2.78. The lowest BCUT2D eigenvalue weighted by atomic mass is 10.00. The maximum absolute atomic E-state index is 13.7. The molecule has 0 aliphatic heterocycles.